The fraction of sp³-hybridized carbons (Fsp3) is 0.562. The first-order chi connectivity index (χ1) is 9.88. The predicted octanol–water partition coefficient (Wildman–Crippen LogP) is 2.05. The summed E-state index contributed by atoms with van der Waals surface area (Å²) < 4.78 is 2.09. The van der Waals surface area contributed by atoms with Crippen LogP contribution in [0.15, 0.2) is 30.6 Å². The first kappa shape index (κ1) is 12.4. The summed E-state index contributed by atoms with van der Waals surface area (Å²) in [5, 5.41) is 3.71. The number of pyridine rings is 1. The molecular weight excluding hydrogens is 248 g/mol. The third-order valence-corrected chi connectivity index (χ3v) is 4.81. The van der Waals surface area contributed by atoms with E-state index in [-0.39, 0.29) is 0 Å². The van der Waals surface area contributed by atoms with Gasteiger partial charge in [0, 0.05) is 31.0 Å². The molecule has 2 aliphatic rings. The second-order valence-electron chi connectivity index (χ2n) is 6.13. The maximum Gasteiger partial charge on any atom is 0.137 e. The molecule has 0 amide bonds. The molecule has 4 heteroatoms. The Morgan fingerprint density at radius 1 is 1.25 bits per heavy atom. The quantitative estimate of drug-likeness (QED) is 0.926. The Morgan fingerprint density at radius 2 is 2.25 bits per heavy atom. The van der Waals surface area contributed by atoms with E-state index in [4.69, 9.17) is 0 Å². The summed E-state index contributed by atoms with van der Waals surface area (Å²) in [7, 11) is 0. The van der Waals surface area contributed by atoms with Crippen molar-refractivity contribution in [1.29, 1.82) is 0 Å². The monoisotopic (exact) mass is 270 g/mol. The molecule has 0 saturated carbocycles. The molecule has 2 aromatic heterocycles. The molecule has 4 rings (SSSR count). The zero-order chi connectivity index (χ0) is 13.4. The second kappa shape index (κ2) is 5.19. The fourth-order valence-corrected chi connectivity index (χ4v) is 3.73. The molecular formula is C16H22N4. The summed E-state index contributed by atoms with van der Waals surface area (Å²) >= 11 is 0. The molecule has 106 valence electrons. The van der Waals surface area contributed by atoms with Gasteiger partial charge in [-0.2, -0.15) is 0 Å². The van der Waals surface area contributed by atoms with Gasteiger partial charge >= 0.3 is 0 Å². The van der Waals surface area contributed by atoms with Gasteiger partial charge in [-0.15, -0.1) is 0 Å². The summed E-state index contributed by atoms with van der Waals surface area (Å²) in [6, 6.07) is 7.64. The number of aromatic nitrogens is 2. The molecule has 0 aromatic carbocycles. The molecule has 2 unspecified atom stereocenters. The number of nitrogens with zero attached hydrogens (tertiary/aromatic N) is 3. The van der Waals surface area contributed by atoms with Crippen molar-refractivity contribution in [2.24, 2.45) is 0 Å². The first-order valence-electron chi connectivity index (χ1n) is 7.78. The molecule has 2 aromatic rings. The van der Waals surface area contributed by atoms with Crippen LogP contribution in [0.25, 0.3) is 5.65 Å². The highest BCUT2D eigenvalue weighted by molar-refractivity contribution is 5.39. The van der Waals surface area contributed by atoms with Crippen LogP contribution >= 0.6 is 0 Å². The number of rotatable bonds is 3. The van der Waals surface area contributed by atoms with E-state index in [0.29, 0.717) is 6.04 Å². The molecule has 4 nitrogen and oxygen atoms in total. The maximum atomic E-state index is 4.65. The van der Waals surface area contributed by atoms with E-state index in [1.165, 1.54) is 38.8 Å². The Balaban J connectivity index is 1.38. The Hall–Kier alpha value is -1.39. The molecule has 2 atom stereocenters. The number of fused-ring (bicyclic) bond motifs is 2. The van der Waals surface area contributed by atoms with E-state index >= 15 is 0 Å². The molecule has 0 bridgehead atoms. The van der Waals surface area contributed by atoms with Gasteiger partial charge in [0.15, 0.2) is 0 Å². The second-order valence-corrected chi connectivity index (χ2v) is 6.13. The van der Waals surface area contributed by atoms with Crippen molar-refractivity contribution in [3.63, 3.8) is 0 Å². The van der Waals surface area contributed by atoms with E-state index in [9.17, 15) is 0 Å². The lowest BCUT2D eigenvalue weighted by molar-refractivity contribution is 0.166. The third-order valence-electron chi connectivity index (χ3n) is 4.81. The van der Waals surface area contributed by atoms with E-state index in [1.54, 1.807) is 0 Å². The molecule has 0 spiro atoms. The van der Waals surface area contributed by atoms with Gasteiger partial charge in [-0.1, -0.05) is 6.07 Å². The van der Waals surface area contributed by atoms with Crippen LogP contribution in [0.5, 0.6) is 0 Å². The topological polar surface area (TPSA) is 32.6 Å². The van der Waals surface area contributed by atoms with E-state index in [0.717, 1.165) is 23.9 Å². The smallest absolute Gasteiger partial charge is 0.137 e. The predicted molar refractivity (Wildman–Crippen MR) is 79.6 cm³/mol. The average Bonchev–Trinajstić information content (AvgIpc) is 3.10. The molecule has 2 saturated heterocycles. The highest BCUT2D eigenvalue weighted by Crippen LogP contribution is 2.26. The summed E-state index contributed by atoms with van der Waals surface area (Å²) in [6.45, 7) is 3.48. The standard InChI is InChI=1S/C16H22N4/c1-2-7-20-12-14(18-16(20)5-1)11-17-13-6-9-19-8-3-4-15(19)10-13/h1-2,5,7,12-13,15,17H,3-4,6,8-11H2. The van der Waals surface area contributed by atoms with Crippen LogP contribution in [-0.2, 0) is 6.54 Å². The number of nitrogens with one attached hydrogen (secondary N) is 1. The highest BCUT2D eigenvalue weighted by Gasteiger charge is 2.31. The van der Waals surface area contributed by atoms with Crippen molar-refractivity contribution in [2.75, 3.05) is 13.1 Å². The lowest BCUT2D eigenvalue weighted by Gasteiger charge is -2.35. The molecule has 20 heavy (non-hydrogen) atoms. The van der Waals surface area contributed by atoms with Gasteiger partial charge in [-0.3, -0.25) is 0 Å². The zero-order valence-corrected chi connectivity index (χ0v) is 11.8. The van der Waals surface area contributed by atoms with Gasteiger partial charge in [0.2, 0.25) is 0 Å². The van der Waals surface area contributed by atoms with Crippen molar-refractivity contribution < 1.29 is 0 Å². The number of imidazole rings is 1. The third kappa shape index (κ3) is 2.34. The van der Waals surface area contributed by atoms with Crippen LogP contribution in [0.3, 0.4) is 0 Å². The number of hydrogen-bond donors (Lipinski definition) is 1. The van der Waals surface area contributed by atoms with Gasteiger partial charge in [0.1, 0.15) is 5.65 Å². The molecule has 1 N–H and O–H groups in total. The number of hydrogen-bond acceptors (Lipinski definition) is 3. The van der Waals surface area contributed by atoms with Crippen molar-refractivity contribution in [2.45, 2.75) is 44.3 Å². The molecule has 0 radical (unpaired) electrons. The Bertz CT molecular complexity index is 558. The average molecular weight is 270 g/mol. The van der Waals surface area contributed by atoms with Gasteiger partial charge in [-0.05, 0) is 50.9 Å². The van der Waals surface area contributed by atoms with Gasteiger partial charge < -0.3 is 14.6 Å². The van der Waals surface area contributed by atoms with Crippen LogP contribution in [0.2, 0.25) is 0 Å². The van der Waals surface area contributed by atoms with Gasteiger partial charge in [0.05, 0.1) is 5.69 Å². The summed E-state index contributed by atoms with van der Waals surface area (Å²) in [4.78, 5) is 7.32. The van der Waals surface area contributed by atoms with Crippen LogP contribution in [-0.4, -0.2) is 39.5 Å². The van der Waals surface area contributed by atoms with Crippen molar-refractivity contribution in [3.8, 4) is 0 Å². The van der Waals surface area contributed by atoms with Gasteiger partial charge in [0.25, 0.3) is 0 Å². The maximum absolute atomic E-state index is 4.65. The summed E-state index contributed by atoms with van der Waals surface area (Å²) in [6.07, 6.45) is 9.57. The minimum absolute atomic E-state index is 0.666. The zero-order valence-electron chi connectivity index (χ0n) is 11.8. The number of piperidine rings is 1. The Kier molecular flexibility index (Phi) is 3.20. The van der Waals surface area contributed by atoms with Crippen LogP contribution < -0.4 is 5.32 Å². The van der Waals surface area contributed by atoms with E-state index < -0.39 is 0 Å². The van der Waals surface area contributed by atoms with Crippen LogP contribution in [0, 0.1) is 0 Å². The summed E-state index contributed by atoms with van der Waals surface area (Å²) in [5.41, 5.74) is 2.18. The molecule has 4 heterocycles. The van der Waals surface area contributed by atoms with E-state index in [1.807, 2.05) is 12.1 Å². The SMILES string of the molecule is c1ccn2cc(CNC3CCN4CCCC4C3)nc2c1. The first-order valence-corrected chi connectivity index (χ1v) is 7.78. The fourth-order valence-electron chi connectivity index (χ4n) is 3.73. The van der Waals surface area contributed by atoms with Crippen molar-refractivity contribution in [3.05, 3.63) is 36.3 Å². The summed E-state index contributed by atoms with van der Waals surface area (Å²) in [5.74, 6) is 0. The molecule has 0 aliphatic carbocycles. The van der Waals surface area contributed by atoms with Crippen LogP contribution in [0.4, 0.5) is 0 Å². The van der Waals surface area contributed by atoms with Crippen molar-refractivity contribution in [1.82, 2.24) is 19.6 Å². The van der Waals surface area contributed by atoms with Gasteiger partial charge in [-0.25, -0.2) is 4.98 Å². The Labute approximate surface area is 119 Å². The lowest BCUT2D eigenvalue weighted by Crippen LogP contribution is -2.45. The largest absolute Gasteiger partial charge is 0.308 e. The molecule has 2 aliphatic heterocycles. The minimum Gasteiger partial charge on any atom is -0.308 e. The minimum atomic E-state index is 0.666. The normalized spacial score (nSPS) is 27.0. The van der Waals surface area contributed by atoms with Crippen LogP contribution in [0.1, 0.15) is 31.4 Å². The molecule has 2 fully saturated rings. The van der Waals surface area contributed by atoms with E-state index in [2.05, 4.69) is 38.1 Å². The highest BCUT2D eigenvalue weighted by atomic mass is 15.2. The Morgan fingerprint density at radius 3 is 3.20 bits per heavy atom. The lowest BCUT2D eigenvalue weighted by atomic mass is 9.97. The van der Waals surface area contributed by atoms with Crippen molar-refractivity contribution >= 4 is 5.65 Å².